The number of nitrogens with zero attached hydrogens (tertiary/aromatic N) is 2. The van der Waals surface area contributed by atoms with Gasteiger partial charge in [-0.25, -0.2) is 9.18 Å². The number of alkyl halides is 1. The van der Waals surface area contributed by atoms with E-state index in [4.69, 9.17) is 0 Å². The molecule has 0 amide bonds. The lowest BCUT2D eigenvalue weighted by molar-refractivity contribution is -0.743. The number of likely N-dealkylation sites (tertiary alicyclic amines) is 2. The smallest absolute Gasteiger partial charge is 0.335 e. The minimum atomic E-state index is -0.911. The molecule has 42 heavy (non-hydrogen) atoms. The van der Waals surface area contributed by atoms with E-state index >= 15 is 0 Å². The van der Waals surface area contributed by atoms with E-state index in [9.17, 15) is 19.4 Å². The summed E-state index contributed by atoms with van der Waals surface area (Å²) < 4.78 is 14.1. The van der Waals surface area contributed by atoms with E-state index in [0.717, 1.165) is 73.5 Å². The fraction of sp³-hybridized carbons (Fsp3) is 0.514. The quantitative estimate of drug-likeness (QED) is 0.472. The molecule has 2 aromatic rings. The predicted octanol–water partition coefficient (Wildman–Crippen LogP) is 4.98. The van der Waals surface area contributed by atoms with Crippen LogP contribution >= 0.6 is 0 Å². The van der Waals surface area contributed by atoms with Crippen molar-refractivity contribution < 1.29 is 24.3 Å². The number of hydrogen-bond acceptors (Lipinski definition) is 4. The lowest BCUT2D eigenvalue weighted by Gasteiger charge is -2.42. The van der Waals surface area contributed by atoms with Gasteiger partial charge < -0.3 is 10.2 Å². The van der Waals surface area contributed by atoms with Gasteiger partial charge in [0.15, 0.2) is 0 Å². The molecule has 1 aliphatic carbocycles. The first kappa shape index (κ1) is 28.0. The predicted molar refractivity (Wildman–Crippen MR) is 163 cm³/mol. The van der Waals surface area contributed by atoms with Crippen molar-refractivity contribution in [3.63, 3.8) is 0 Å². The van der Waals surface area contributed by atoms with Crippen LogP contribution in [-0.2, 0) is 0 Å². The summed E-state index contributed by atoms with van der Waals surface area (Å²) in [5.41, 5.74) is 8.41. The van der Waals surface area contributed by atoms with Gasteiger partial charge >= 0.3 is 5.97 Å². The molecular weight excluding hydrogens is 529 g/mol. The maximum atomic E-state index is 14.1. The molecule has 3 N–H and O–H groups in total. The van der Waals surface area contributed by atoms with Crippen molar-refractivity contribution in [1.82, 2.24) is 9.80 Å². The summed E-state index contributed by atoms with van der Waals surface area (Å²) >= 11 is 0. The molecule has 6 nitrogen and oxygen atoms in total. The van der Waals surface area contributed by atoms with Crippen molar-refractivity contribution in [3.05, 3.63) is 70.3 Å². The van der Waals surface area contributed by atoms with Crippen molar-refractivity contribution >= 4 is 29.0 Å². The SMILES string of the molecule is O=C(O)c1ccc2c(c1)[NH+]1CC(C(O)N3CCC(N4CCCC(F)C4)CC3)=Cc3ccccc3C1=C2C1CCCCC1. The van der Waals surface area contributed by atoms with Crippen LogP contribution in [0.15, 0.2) is 48.0 Å². The molecule has 0 aromatic heterocycles. The molecule has 4 heterocycles. The Morgan fingerprint density at radius 1 is 0.929 bits per heavy atom. The van der Waals surface area contributed by atoms with Crippen LogP contribution in [0.5, 0.6) is 0 Å². The van der Waals surface area contributed by atoms with E-state index in [2.05, 4.69) is 40.1 Å². The Morgan fingerprint density at radius 2 is 1.71 bits per heavy atom. The van der Waals surface area contributed by atoms with Gasteiger partial charge in [0.25, 0.3) is 0 Å². The van der Waals surface area contributed by atoms with Gasteiger partial charge in [-0.3, -0.25) is 14.7 Å². The standard InChI is InChI=1S/C35H42FN3O3/c36-27-10-6-16-38(22-27)28-14-17-37(18-15-28)34(40)26-19-24-9-4-5-11-29(24)33-32(23-7-2-1-3-8-23)30-13-12-25(35(41)42)20-31(30)39(33)21-26/h4-5,9,11-13,19-20,23,27-28,34,40H,1-3,6-8,10,14-18,21-22H2,(H,41,42)/p+1. The zero-order chi connectivity index (χ0) is 28.8. The number of aliphatic hydroxyl groups excluding tert-OH is 1. The fourth-order valence-electron chi connectivity index (χ4n) is 8.39. The average Bonchev–Trinajstić information content (AvgIpc) is 3.23. The molecule has 3 unspecified atom stereocenters. The first-order valence-corrected chi connectivity index (χ1v) is 16.1. The molecule has 0 radical (unpaired) electrons. The number of carboxylic acids is 1. The highest BCUT2D eigenvalue weighted by Gasteiger charge is 2.43. The van der Waals surface area contributed by atoms with Crippen LogP contribution in [0.25, 0.3) is 17.3 Å². The molecule has 3 atom stereocenters. The minimum absolute atomic E-state index is 0.310. The van der Waals surface area contributed by atoms with Gasteiger partial charge in [-0.15, -0.1) is 0 Å². The molecule has 4 aliphatic heterocycles. The Hall–Kier alpha value is -2.84. The van der Waals surface area contributed by atoms with Crippen LogP contribution in [0.3, 0.4) is 0 Å². The van der Waals surface area contributed by atoms with E-state index in [0.29, 0.717) is 37.0 Å². The topological polar surface area (TPSA) is 68.4 Å². The van der Waals surface area contributed by atoms with Crippen molar-refractivity contribution in [2.75, 3.05) is 32.7 Å². The largest absolute Gasteiger partial charge is 0.478 e. The molecule has 0 bridgehead atoms. The van der Waals surface area contributed by atoms with Crippen LogP contribution < -0.4 is 4.90 Å². The molecule has 2 aromatic carbocycles. The molecule has 7 heteroatoms. The molecule has 3 fully saturated rings. The average molecular weight is 573 g/mol. The maximum absolute atomic E-state index is 14.1. The van der Waals surface area contributed by atoms with Crippen molar-refractivity contribution in [2.24, 2.45) is 5.92 Å². The number of benzene rings is 2. The number of hydrogen-bond donors (Lipinski definition) is 3. The van der Waals surface area contributed by atoms with E-state index in [1.54, 1.807) is 6.07 Å². The normalized spacial score (nSPS) is 26.7. The van der Waals surface area contributed by atoms with Gasteiger partial charge in [-0.2, -0.15) is 0 Å². The monoisotopic (exact) mass is 572 g/mol. The number of piperidine rings is 2. The summed E-state index contributed by atoms with van der Waals surface area (Å²) in [5, 5.41) is 21.7. The van der Waals surface area contributed by atoms with E-state index < -0.39 is 18.4 Å². The number of carbonyl (C=O) groups is 1. The molecular formula is C35H43FN3O3+. The minimum Gasteiger partial charge on any atom is -0.478 e. The third kappa shape index (κ3) is 5.15. The van der Waals surface area contributed by atoms with E-state index in [-0.39, 0.29) is 0 Å². The molecule has 0 spiro atoms. The third-order valence-corrected chi connectivity index (χ3v) is 10.5. The maximum Gasteiger partial charge on any atom is 0.335 e. The van der Waals surface area contributed by atoms with Gasteiger partial charge in [0.1, 0.15) is 30.3 Å². The second-order valence-corrected chi connectivity index (χ2v) is 13.0. The number of quaternary nitrogens is 1. The number of aromatic carboxylic acids is 1. The summed E-state index contributed by atoms with van der Waals surface area (Å²) in [6.07, 6.45) is 10.3. The Labute approximate surface area is 248 Å². The number of halogens is 1. The summed E-state index contributed by atoms with van der Waals surface area (Å²) in [4.78, 5) is 17.7. The van der Waals surface area contributed by atoms with E-state index in [1.165, 1.54) is 41.7 Å². The third-order valence-electron chi connectivity index (χ3n) is 10.5. The number of allylic oxidation sites excluding steroid dienone is 1. The summed E-state index contributed by atoms with van der Waals surface area (Å²) in [5.74, 6) is -0.454. The highest BCUT2D eigenvalue weighted by molar-refractivity contribution is 5.99. The zero-order valence-electron chi connectivity index (χ0n) is 24.4. The summed E-state index contributed by atoms with van der Waals surface area (Å²) in [6.45, 7) is 3.67. The Bertz CT molecular complexity index is 1410. The molecule has 1 saturated carbocycles. The second-order valence-electron chi connectivity index (χ2n) is 13.0. The zero-order valence-corrected chi connectivity index (χ0v) is 24.4. The lowest BCUT2D eigenvalue weighted by atomic mass is 9.79. The van der Waals surface area contributed by atoms with Crippen LogP contribution in [0.2, 0.25) is 0 Å². The Balaban J connectivity index is 1.22. The highest BCUT2D eigenvalue weighted by atomic mass is 19.1. The first-order chi connectivity index (χ1) is 20.5. The highest BCUT2D eigenvalue weighted by Crippen LogP contribution is 2.45. The first-order valence-electron chi connectivity index (χ1n) is 16.1. The lowest BCUT2D eigenvalue weighted by Crippen LogP contribution is -3.04. The van der Waals surface area contributed by atoms with E-state index in [1.807, 2.05) is 12.1 Å². The van der Waals surface area contributed by atoms with Gasteiger partial charge in [-0.05, 0) is 80.8 Å². The van der Waals surface area contributed by atoms with Crippen molar-refractivity contribution in [3.8, 4) is 0 Å². The number of rotatable bonds is 5. The number of nitrogens with one attached hydrogen (secondary N) is 1. The summed E-state index contributed by atoms with van der Waals surface area (Å²) in [7, 11) is 0. The van der Waals surface area contributed by atoms with Crippen LogP contribution in [0.1, 0.15) is 84.8 Å². The van der Waals surface area contributed by atoms with Gasteiger partial charge in [-0.1, -0.05) is 37.5 Å². The molecule has 2 saturated heterocycles. The van der Waals surface area contributed by atoms with Gasteiger partial charge in [0.05, 0.1) is 5.56 Å². The Morgan fingerprint density at radius 3 is 2.48 bits per heavy atom. The van der Waals surface area contributed by atoms with Crippen LogP contribution in [-0.4, -0.2) is 77.1 Å². The van der Waals surface area contributed by atoms with Crippen LogP contribution in [0.4, 0.5) is 10.1 Å². The number of aliphatic hydroxyl groups is 1. The second kappa shape index (κ2) is 11.7. The van der Waals surface area contributed by atoms with Crippen LogP contribution in [0, 0.1) is 5.92 Å². The summed E-state index contributed by atoms with van der Waals surface area (Å²) in [6, 6.07) is 14.5. The van der Waals surface area contributed by atoms with Crippen molar-refractivity contribution in [1.29, 1.82) is 0 Å². The number of fused-ring (bicyclic) bond motifs is 5. The fourth-order valence-corrected chi connectivity index (χ4v) is 8.39. The van der Waals surface area contributed by atoms with Gasteiger partial charge in [0, 0.05) is 54.0 Å². The molecule has 5 aliphatic rings. The molecule has 222 valence electrons. The Kier molecular flexibility index (Phi) is 7.78. The van der Waals surface area contributed by atoms with Gasteiger partial charge in [0.2, 0.25) is 0 Å². The number of carboxylic acid groups (broad SMARTS) is 1. The van der Waals surface area contributed by atoms with Crippen molar-refractivity contribution in [2.45, 2.75) is 76.2 Å². The molecule has 7 rings (SSSR count).